The summed E-state index contributed by atoms with van der Waals surface area (Å²) in [5, 5.41) is 0.663. The number of aromatic amines is 1. The van der Waals surface area contributed by atoms with Crippen LogP contribution in [0.1, 0.15) is 32.1 Å². The van der Waals surface area contributed by atoms with Gasteiger partial charge in [-0.15, -0.1) is 22.7 Å². The third kappa shape index (κ3) is 2.35. The summed E-state index contributed by atoms with van der Waals surface area (Å²) in [5.41, 5.74) is 3.73. The van der Waals surface area contributed by atoms with E-state index in [9.17, 15) is 9.18 Å². The van der Waals surface area contributed by atoms with Gasteiger partial charge in [-0.3, -0.25) is 9.78 Å². The Morgan fingerprint density at radius 3 is 3.12 bits per heavy atom. The van der Waals surface area contributed by atoms with Crippen molar-refractivity contribution in [1.29, 1.82) is 0 Å². The Labute approximate surface area is 155 Å². The van der Waals surface area contributed by atoms with Crippen LogP contribution in [0, 0.1) is 5.82 Å². The number of H-pyrrole nitrogens is 1. The summed E-state index contributed by atoms with van der Waals surface area (Å²) in [6.45, 7) is 0.537. The van der Waals surface area contributed by atoms with Gasteiger partial charge in [0.15, 0.2) is 0 Å². The molecule has 26 heavy (non-hydrogen) atoms. The fourth-order valence-electron chi connectivity index (χ4n) is 3.26. The van der Waals surface area contributed by atoms with Crippen LogP contribution < -0.4 is 0 Å². The maximum Gasteiger partial charge on any atom is 0.266 e. The molecule has 4 heterocycles. The Balaban J connectivity index is 1.66. The molecule has 0 bridgehead atoms. The van der Waals surface area contributed by atoms with E-state index in [1.807, 2.05) is 6.07 Å². The molecule has 0 aliphatic carbocycles. The topological polar surface area (TPSA) is 74.8 Å². The van der Waals surface area contributed by atoms with Crippen molar-refractivity contribution in [3.05, 3.63) is 63.3 Å². The lowest BCUT2D eigenvalue weighted by molar-refractivity contribution is 0.0695. The van der Waals surface area contributed by atoms with Crippen molar-refractivity contribution in [1.82, 2.24) is 24.8 Å². The zero-order valence-electron chi connectivity index (χ0n) is 13.3. The van der Waals surface area contributed by atoms with Crippen LogP contribution in [-0.2, 0) is 6.42 Å². The molecule has 3 aromatic heterocycles. The predicted octanol–water partition coefficient (Wildman–Crippen LogP) is 3.40. The number of carbonyl (C=O) groups is 1. The van der Waals surface area contributed by atoms with Gasteiger partial charge in [-0.1, -0.05) is 6.07 Å². The Hall–Kier alpha value is -2.65. The van der Waals surface area contributed by atoms with Crippen LogP contribution >= 0.6 is 22.7 Å². The Kier molecular flexibility index (Phi) is 3.57. The van der Waals surface area contributed by atoms with Crippen molar-refractivity contribution in [3.63, 3.8) is 0 Å². The van der Waals surface area contributed by atoms with E-state index in [1.165, 1.54) is 28.7 Å². The number of hydrogen-bond acceptors (Lipinski definition) is 6. The number of aromatic nitrogens is 4. The van der Waals surface area contributed by atoms with E-state index in [0.29, 0.717) is 28.4 Å². The summed E-state index contributed by atoms with van der Waals surface area (Å²) in [6, 6.07) is 4.47. The number of rotatable bonds is 2. The quantitative estimate of drug-likeness (QED) is 0.574. The molecule has 1 aromatic carbocycles. The van der Waals surface area contributed by atoms with Gasteiger partial charge in [0.1, 0.15) is 27.3 Å². The van der Waals surface area contributed by atoms with Crippen LogP contribution in [0.3, 0.4) is 0 Å². The van der Waals surface area contributed by atoms with Crippen LogP contribution in [0.2, 0.25) is 0 Å². The number of hydrogen-bond donors (Lipinski definition) is 1. The van der Waals surface area contributed by atoms with E-state index < -0.39 is 6.04 Å². The lowest BCUT2D eigenvalue weighted by Gasteiger charge is -2.33. The first-order chi connectivity index (χ1) is 12.7. The molecule has 0 fully saturated rings. The number of amides is 1. The van der Waals surface area contributed by atoms with Gasteiger partial charge >= 0.3 is 0 Å². The first kappa shape index (κ1) is 15.6. The minimum absolute atomic E-state index is 0.106. The van der Waals surface area contributed by atoms with Gasteiger partial charge in [-0.05, 0) is 12.1 Å². The van der Waals surface area contributed by atoms with E-state index in [4.69, 9.17) is 0 Å². The van der Waals surface area contributed by atoms with Crippen molar-refractivity contribution < 1.29 is 9.18 Å². The summed E-state index contributed by atoms with van der Waals surface area (Å²) in [7, 11) is 0. The molecule has 0 saturated heterocycles. The second-order valence-corrected chi connectivity index (χ2v) is 7.87. The maximum atomic E-state index is 14.1. The molecule has 1 aliphatic rings. The second-order valence-electron chi connectivity index (χ2n) is 5.92. The summed E-state index contributed by atoms with van der Waals surface area (Å²) in [5.74, 6) is -0.464. The normalized spacial score (nSPS) is 16.8. The number of thiazole rings is 2. The van der Waals surface area contributed by atoms with Crippen molar-refractivity contribution in [2.75, 3.05) is 6.54 Å². The number of nitrogens with zero attached hydrogens (tertiary/aromatic N) is 4. The average molecular weight is 385 g/mol. The minimum Gasteiger partial charge on any atom is -0.348 e. The van der Waals surface area contributed by atoms with Gasteiger partial charge in [0.05, 0.1) is 28.4 Å². The Morgan fingerprint density at radius 2 is 2.31 bits per heavy atom. The molecule has 1 aliphatic heterocycles. The van der Waals surface area contributed by atoms with Crippen LogP contribution in [0.4, 0.5) is 4.39 Å². The number of benzene rings is 1. The van der Waals surface area contributed by atoms with Crippen LogP contribution in [0.15, 0.2) is 36.2 Å². The highest BCUT2D eigenvalue weighted by molar-refractivity contribution is 7.18. The van der Waals surface area contributed by atoms with Gasteiger partial charge in [-0.25, -0.2) is 14.4 Å². The largest absolute Gasteiger partial charge is 0.348 e. The Bertz CT molecular complexity index is 1100. The zero-order chi connectivity index (χ0) is 17.7. The fraction of sp³-hybridized carbons (Fsp3) is 0.176. The molecule has 1 N–H and O–H groups in total. The maximum absolute atomic E-state index is 14.1. The zero-order valence-corrected chi connectivity index (χ0v) is 15.0. The highest BCUT2D eigenvalue weighted by atomic mass is 32.1. The highest BCUT2D eigenvalue weighted by Crippen LogP contribution is 2.38. The molecule has 0 spiro atoms. The molecule has 130 valence electrons. The van der Waals surface area contributed by atoms with Gasteiger partial charge in [0.25, 0.3) is 5.91 Å². The van der Waals surface area contributed by atoms with Crippen LogP contribution in [-0.4, -0.2) is 37.3 Å². The van der Waals surface area contributed by atoms with E-state index in [0.717, 1.165) is 16.1 Å². The van der Waals surface area contributed by atoms with Crippen LogP contribution in [0.25, 0.3) is 10.2 Å². The lowest BCUT2D eigenvalue weighted by Crippen LogP contribution is -2.40. The van der Waals surface area contributed by atoms with Crippen LogP contribution in [0.5, 0.6) is 0 Å². The van der Waals surface area contributed by atoms with Gasteiger partial charge < -0.3 is 9.88 Å². The van der Waals surface area contributed by atoms with Crippen molar-refractivity contribution >= 4 is 38.8 Å². The highest BCUT2D eigenvalue weighted by Gasteiger charge is 2.37. The Morgan fingerprint density at radius 1 is 1.38 bits per heavy atom. The van der Waals surface area contributed by atoms with Gasteiger partial charge in [0.2, 0.25) is 0 Å². The summed E-state index contributed by atoms with van der Waals surface area (Å²) >= 11 is 2.70. The number of halogens is 1. The molecular weight excluding hydrogens is 373 g/mol. The second kappa shape index (κ2) is 5.96. The number of nitrogens with one attached hydrogen (secondary N) is 1. The molecule has 0 radical (unpaired) electrons. The van der Waals surface area contributed by atoms with Gasteiger partial charge in [0, 0.05) is 18.7 Å². The molecule has 0 saturated carbocycles. The van der Waals surface area contributed by atoms with Crippen molar-refractivity contribution in [2.45, 2.75) is 12.5 Å². The predicted molar refractivity (Wildman–Crippen MR) is 96.9 cm³/mol. The number of carbonyl (C=O) groups excluding carboxylic acids is 1. The van der Waals surface area contributed by atoms with Crippen molar-refractivity contribution in [3.8, 4) is 0 Å². The summed E-state index contributed by atoms with van der Waals surface area (Å²) < 4.78 is 14.9. The molecule has 1 amide bonds. The first-order valence-corrected chi connectivity index (χ1v) is 9.68. The first-order valence-electron chi connectivity index (χ1n) is 7.99. The lowest BCUT2D eigenvalue weighted by atomic mass is 10.0. The molecule has 6 nitrogen and oxygen atoms in total. The smallest absolute Gasteiger partial charge is 0.266 e. The fourth-order valence-corrected chi connectivity index (χ4v) is 4.93. The molecule has 5 rings (SSSR count). The van der Waals surface area contributed by atoms with E-state index in [1.54, 1.807) is 29.0 Å². The summed E-state index contributed by atoms with van der Waals surface area (Å²) in [6.07, 6.45) is 3.89. The number of fused-ring (bicyclic) bond motifs is 2. The molecule has 9 heteroatoms. The summed E-state index contributed by atoms with van der Waals surface area (Å²) in [4.78, 5) is 31.4. The average Bonchev–Trinajstić information content (AvgIpc) is 3.39. The monoisotopic (exact) mass is 385 g/mol. The third-order valence-corrected chi connectivity index (χ3v) is 6.28. The number of imidazole rings is 1. The van der Waals surface area contributed by atoms with E-state index >= 15 is 0 Å². The SMILES string of the molecule is O=C(c1cncs1)N1CCc2[nH]cnc2[C@H]1c1nc2c(F)cccc2s1. The van der Waals surface area contributed by atoms with E-state index in [2.05, 4.69) is 19.9 Å². The molecule has 1 atom stereocenters. The van der Waals surface area contributed by atoms with Crippen molar-refractivity contribution in [2.24, 2.45) is 0 Å². The standard InChI is InChI=1S/C17H12FN5OS2/c18-9-2-1-3-11-13(9)22-16(26-11)15-14-10(20-7-21-14)4-5-23(15)17(24)12-6-19-8-25-12/h1-3,6-8,15H,4-5H2,(H,20,21)/t15-/m0/s1. The molecule has 0 unspecified atom stereocenters. The number of para-hydroxylation sites is 1. The molecular formula is C17H12FN5OS2. The molecule has 4 aromatic rings. The third-order valence-electron chi connectivity index (χ3n) is 4.45. The van der Waals surface area contributed by atoms with E-state index in [-0.39, 0.29) is 11.7 Å². The van der Waals surface area contributed by atoms with Gasteiger partial charge in [-0.2, -0.15) is 0 Å². The minimum atomic E-state index is -0.434.